The van der Waals surface area contributed by atoms with Crippen LogP contribution in [0.2, 0.25) is 0 Å². The largest absolute Gasteiger partial charge is 0.466 e. The van der Waals surface area contributed by atoms with Crippen molar-refractivity contribution in [3.8, 4) is 0 Å². The molecule has 0 atom stereocenters. The van der Waals surface area contributed by atoms with Gasteiger partial charge in [-0.05, 0) is 26.2 Å². The van der Waals surface area contributed by atoms with Gasteiger partial charge < -0.3 is 4.74 Å². The number of hydrogen-bond donors (Lipinski definition) is 0. The molecule has 2 heteroatoms. The van der Waals surface area contributed by atoms with Gasteiger partial charge in [-0.2, -0.15) is 0 Å². The zero-order valence-electron chi connectivity index (χ0n) is 14.4. The maximum atomic E-state index is 11.4. The number of carbonyl (C=O) groups is 1. The van der Waals surface area contributed by atoms with Gasteiger partial charge in [0.2, 0.25) is 0 Å². The van der Waals surface area contributed by atoms with Crippen molar-refractivity contribution in [3.05, 3.63) is 12.2 Å². The number of carbonyl (C=O) groups excluding carboxylic acids is 1. The minimum absolute atomic E-state index is 0.0489. The van der Waals surface area contributed by atoms with Crippen LogP contribution >= 0.6 is 0 Å². The first-order valence-electron chi connectivity index (χ1n) is 8.96. The van der Waals surface area contributed by atoms with E-state index in [1.165, 1.54) is 57.8 Å². The normalized spacial score (nSPS) is 10.6. The van der Waals surface area contributed by atoms with Crippen LogP contribution in [0, 0.1) is 0 Å². The van der Waals surface area contributed by atoms with Gasteiger partial charge in [0.15, 0.2) is 0 Å². The van der Waals surface area contributed by atoms with Crippen molar-refractivity contribution in [2.45, 2.75) is 97.3 Å². The van der Waals surface area contributed by atoms with E-state index in [0.29, 0.717) is 13.0 Å². The SMILES string of the molecule is C=C(C)CCCC(=O)OCCCCCCCCCCCC. The Morgan fingerprint density at radius 2 is 1.33 bits per heavy atom. The maximum Gasteiger partial charge on any atom is 0.305 e. The summed E-state index contributed by atoms with van der Waals surface area (Å²) >= 11 is 0. The Bertz CT molecular complexity index is 258. The van der Waals surface area contributed by atoms with E-state index >= 15 is 0 Å². The first kappa shape index (κ1) is 20.2. The van der Waals surface area contributed by atoms with Crippen LogP contribution in [0.1, 0.15) is 97.3 Å². The number of rotatable bonds is 15. The van der Waals surface area contributed by atoms with E-state index in [4.69, 9.17) is 4.74 Å². The Kier molecular flexibility index (Phi) is 15.0. The van der Waals surface area contributed by atoms with Gasteiger partial charge in [0.1, 0.15) is 0 Å². The fourth-order valence-corrected chi connectivity index (χ4v) is 2.38. The molecule has 0 saturated carbocycles. The minimum Gasteiger partial charge on any atom is -0.466 e. The third-order valence-corrected chi connectivity index (χ3v) is 3.75. The van der Waals surface area contributed by atoms with Crippen LogP contribution in [0.25, 0.3) is 0 Å². The fraction of sp³-hybridized carbons (Fsp3) is 0.842. The van der Waals surface area contributed by atoms with Crippen molar-refractivity contribution in [3.63, 3.8) is 0 Å². The van der Waals surface area contributed by atoms with Gasteiger partial charge >= 0.3 is 5.97 Å². The number of ether oxygens (including phenoxy) is 1. The van der Waals surface area contributed by atoms with Crippen LogP contribution in [0.15, 0.2) is 12.2 Å². The second kappa shape index (κ2) is 15.6. The molecule has 0 spiro atoms. The minimum atomic E-state index is -0.0489. The van der Waals surface area contributed by atoms with Gasteiger partial charge in [0, 0.05) is 6.42 Å². The molecule has 0 aromatic heterocycles. The van der Waals surface area contributed by atoms with Crippen molar-refractivity contribution < 1.29 is 9.53 Å². The molecule has 2 nitrogen and oxygen atoms in total. The predicted molar refractivity (Wildman–Crippen MR) is 91.5 cm³/mol. The summed E-state index contributed by atoms with van der Waals surface area (Å²) in [4.78, 5) is 11.4. The van der Waals surface area contributed by atoms with Crippen LogP contribution < -0.4 is 0 Å². The van der Waals surface area contributed by atoms with Gasteiger partial charge in [0.05, 0.1) is 6.61 Å². The Hall–Kier alpha value is -0.790. The van der Waals surface area contributed by atoms with E-state index in [1.807, 2.05) is 6.92 Å². The molecule has 0 rings (SSSR count). The van der Waals surface area contributed by atoms with E-state index in [9.17, 15) is 4.79 Å². The zero-order valence-corrected chi connectivity index (χ0v) is 14.4. The lowest BCUT2D eigenvalue weighted by Gasteiger charge is -2.05. The predicted octanol–water partition coefficient (Wildman–Crippen LogP) is 6.20. The molecule has 0 aliphatic heterocycles. The molecule has 0 aromatic carbocycles. The van der Waals surface area contributed by atoms with E-state index in [1.54, 1.807) is 0 Å². The Morgan fingerprint density at radius 1 is 0.810 bits per heavy atom. The summed E-state index contributed by atoms with van der Waals surface area (Å²) in [6.07, 6.45) is 15.4. The third kappa shape index (κ3) is 17.2. The van der Waals surface area contributed by atoms with E-state index in [-0.39, 0.29) is 5.97 Å². The molecular formula is C19H36O2. The first-order valence-corrected chi connectivity index (χ1v) is 8.96. The standard InChI is InChI=1S/C19H36O2/c1-4-5-6-7-8-9-10-11-12-13-17-21-19(20)16-14-15-18(2)3/h2,4-17H2,1,3H3. The molecule has 124 valence electrons. The van der Waals surface area contributed by atoms with Gasteiger partial charge in [-0.3, -0.25) is 4.79 Å². The topological polar surface area (TPSA) is 26.3 Å². The summed E-state index contributed by atoms with van der Waals surface area (Å²) in [5.41, 5.74) is 1.14. The highest BCUT2D eigenvalue weighted by molar-refractivity contribution is 5.69. The molecule has 0 N–H and O–H groups in total. The third-order valence-electron chi connectivity index (χ3n) is 3.75. The lowest BCUT2D eigenvalue weighted by atomic mass is 10.1. The average molecular weight is 296 g/mol. The first-order chi connectivity index (χ1) is 10.2. The summed E-state index contributed by atoms with van der Waals surface area (Å²) < 4.78 is 5.23. The molecule has 0 heterocycles. The summed E-state index contributed by atoms with van der Waals surface area (Å²) in [6.45, 7) is 8.68. The number of allylic oxidation sites excluding steroid dienone is 1. The molecule has 0 aliphatic carbocycles. The molecule has 0 aromatic rings. The molecule has 0 bridgehead atoms. The summed E-state index contributed by atoms with van der Waals surface area (Å²) in [6, 6.07) is 0. The van der Waals surface area contributed by atoms with E-state index in [0.717, 1.165) is 24.8 Å². The van der Waals surface area contributed by atoms with Gasteiger partial charge in [-0.1, -0.05) is 70.3 Å². The highest BCUT2D eigenvalue weighted by Crippen LogP contribution is 2.10. The van der Waals surface area contributed by atoms with Crippen LogP contribution in [-0.4, -0.2) is 12.6 Å². The second-order valence-electron chi connectivity index (χ2n) is 6.21. The maximum absolute atomic E-state index is 11.4. The lowest BCUT2D eigenvalue weighted by molar-refractivity contribution is -0.143. The van der Waals surface area contributed by atoms with Crippen molar-refractivity contribution >= 4 is 5.97 Å². The van der Waals surface area contributed by atoms with E-state index in [2.05, 4.69) is 13.5 Å². The van der Waals surface area contributed by atoms with Crippen molar-refractivity contribution in [1.29, 1.82) is 0 Å². The highest BCUT2D eigenvalue weighted by Gasteiger charge is 2.02. The molecule has 0 fully saturated rings. The quantitative estimate of drug-likeness (QED) is 0.204. The van der Waals surface area contributed by atoms with Crippen LogP contribution in [-0.2, 0) is 9.53 Å². The monoisotopic (exact) mass is 296 g/mol. The molecule has 0 saturated heterocycles. The smallest absolute Gasteiger partial charge is 0.305 e. The summed E-state index contributed by atoms with van der Waals surface area (Å²) in [7, 11) is 0. The van der Waals surface area contributed by atoms with Crippen LogP contribution in [0.5, 0.6) is 0 Å². The molecule has 0 radical (unpaired) electrons. The van der Waals surface area contributed by atoms with Crippen LogP contribution in [0.3, 0.4) is 0 Å². The van der Waals surface area contributed by atoms with Crippen molar-refractivity contribution in [2.75, 3.05) is 6.61 Å². The zero-order chi connectivity index (χ0) is 15.8. The summed E-state index contributed by atoms with van der Waals surface area (Å²) in [5.74, 6) is -0.0489. The number of esters is 1. The Labute approximate surface area is 132 Å². The number of hydrogen-bond acceptors (Lipinski definition) is 2. The van der Waals surface area contributed by atoms with Crippen molar-refractivity contribution in [1.82, 2.24) is 0 Å². The van der Waals surface area contributed by atoms with Crippen molar-refractivity contribution in [2.24, 2.45) is 0 Å². The molecule has 0 amide bonds. The molecule has 0 aliphatic rings. The van der Waals surface area contributed by atoms with Gasteiger partial charge in [0.25, 0.3) is 0 Å². The van der Waals surface area contributed by atoms with Crippen LogP contribution in [0.4, 0.5) is 0 Å². The Balaban J connectivity index is 3.14. The molecule has 21 heavy (non-hydrogen) atoms. The summed E-state index contributed by atoms with van der Waals surface area (Å²) in [5, 5.41) is 0. The molecular weight excluding hydrogens is 260 g/mol. The van der Waals surface area contributed by atoms with E-state index < -0.39 is 0 Å². The molecule has 0 unspecified atom stereocenters. The van der Waals surface area contributed by atoms with Gasteiger partial charge in [-0.25, -0.2) is 0 Å². The number of unbranched alkanes of at least 4 members (excludes halogenated alkanes) is 9. The fourth-order valence-electron chi connectivity index (χ4n) is 2.38. The Morgan fingerprint density at radius 3 is 1.86 bits per heavy atom. The lowest BCUT2D eigenvalue weighted by Crippen LogP contribution is -2.05. The highest BCUT2D eigenvalue weighted by atomic mass is 16.5. The average Bonchev–Trinajstić information content (AvgIpc) is 2.44. The second-order valence-corrected chi connectivity index (χ2v) is 6.21. The van der Waals surface area contributed by atoms with Gasteiger partial charge in [-0.15, -0.1) is 6.58 Å².